The summed E-state index contributed by atoms with van der Waals surface area (Å²) in [5.41, 5.74) is 0.983. The second kappa shape index (κ2) is 7.38. The first-order valence-electron chi connectivity index (χ1n) is 6.17. The van der Waals surface area contributed by atoms with E-state index in [1.165, 1.54) is 11.8 Å². The van der Waals surface area contributed by atoms with Crippen molar-refractivity contribution in [3.63, 3.8) is 0 Å². The molecule has 1 amide bonds. The van der Waals surface area contributed by atoms with Gasteiger partial charge in [0, 0.05) is 17.5 Å². The van der Waals surface area contributed by atoms with Gasteiger partial charge in [0.25, 0.3) is 5.24 Å². The van der Waals surface area contributed by atoms with Crippen LogP contribution in [0.25, 0.3) is 0 Å². The van der Waals surface area contributed by atoms with E-state index in [0.717, 1.165) is 24.3 Å². The smallest absolute Gasteiger partial charge is 0.286 e. The molecule has 0 radical (unpaired) electrons. The highest BCUT2D eigenvalue weighted by atomic mass is 32.2. The molecule has 0 N–H and O–H groups in total. The lowest BCUT2D eigenvalue weighted by Crippen LogP contribution is -2.34. The predicted molar refractivity (Wildman–Crippen MR) is 76.8 cm³/mol. The van der Waals surface area contributed by atoms with Gasteiger partial charge in [-0.25, -0.2) is 0 Å². The first kappa shape index (κ1) is 14.1. The number of rotatable bonds is 5. The maximum Gasteiger partial charge on any atom is 0.286 e. The van der Waals surface area contributed by atoms with Crippen LogP contribution in [0.2, 0.25) is 0 Å². The molecule has 0 atom stereocenters. The van der Waals surface area contributed by atoms with E-state index in [1.54, 1.807) is 0 Å². The van der Waals surface area contributed by atoms with Gasteiger partial charge in [-0.3, -0.25) is 4.79 Å². The van der Waals surface area contributed by atoms with Gasteiger partial charge in [0.05, 0.1) is 0 Å². The lowest BCUT2D eigenvalue weighted by molar-refractivity contribution is 0.264. The van der Waals surface area contributed by atoms with E-state index in [0.29, 0.717) is 0 Å². The van der Waals surface area contributed by atoms with Crippen molar-refractivity contribution in [1.29, 1.82) is 0 Å². The summed E-state index contributed by atoms with van der Waals surface area (Å²) in [6.07, 6.45) is 2.23. The van der Waals surface area contributed by atoms with E-state index in [4.69, 9.17) is 0 Å². The summed E-state index contributed by atoms with van der Waals surface area (Å²) in [7, 11) is 0. The lowest BCUT2D eigenvalue weighted by Gasteiger charge is -2.26. The molecule has 1 aromatic carbocycles. The Bertz CT molecular complexity index is 337. The van der Waals surface area contributed by atoms with Gasteiger partial charge in [-0.1, -0.05) is 43.3 Å². The van der Waals surface area contributed by atoms with Crippen molar-refractivity contribution < 1.29 is 4.79 Å². The third-order valence-electron chi connectivity index (χ3n) is 2.47. The van der Waals surface area contributed by atoms with Gasteiger partial charge < -0.3 is 4.90 Å². The third-order valence-corrected chi connectivity index (χ3v) is 3.41. The predicted octanol–water partition coefficient (Wildman–Crippen LogP) is 4.55. The Morgan fingerprint density at radius 3 is 2.47 bits per heavy atom. The highest BCUT2D eigenvalue weighted by molar-refractivity contribution is 8.13. The van der Waals surface area contributed by atoms with E-state index < -0.39 is 0 Å². The van der Waals surface area contributed by atoms with Crippen LogP contribution in [0.15, 0.2) is 30.3 Å². The molecule has 0 unspecified atom stereocenters. The first-order chi connectivity index (χ1) is 8.16. The number of unbranched alkanes of at least 4 members (excludes halogenated alkanes) is 1. The molecule has 0 aromatic heterocycles. The number of carbonyl (C=O) groups is 1. The molecule has 1 aromatic rings. The SMILES string of the molecule is CCCCSC(=O)N(c1ccccc1)C(C)C. The van der Waals surface area contributed by atoms with Crippen molar-refractivity contribution in [2.24, 2.45) is 0 Å². The minimum atomic E-state index is 0.152. The number of benzene rings is 1. The molecule has 0 spiro atoms. The summed E-state index contributed by atoms with van der Waals surface area (Å²) >= 11 is 1.42. The van der Waals surface area contributed by atoms with Crippen LogP contribution in [0.3, 0.4) is 0 Å². The molecule has 94 valence electrons. The molecule has 1 rings (SSSR count). The summed E-state index contributed by atoms with van der Waals surface area (Å²) in [5.74, 6) is 0.908. The van der Waals surface area contributed by atoms with Gasteiger partial charge in [-0.05, 0) is 32.4 Å². The highest BCUT2D eigenvalue weighted by Crippen LogP contribution is 2.22. The Morgan fingerprint density at radius 2 is 1.94 bits per heavy atom. The fourth-order valence-electron chi connectivity index (χ4n) is 1.58. The van der Waals surface area contributed by atoms with E-state index in [1.807, 2.05) is 49.1 Å². The van der Waals surface area contributed by atoms with Crippen LogP contribution in [0.1, 0.15) is 33.6 Å². The quantitative estimate of drug-likeness (QED) is 0.715. The molecular weight excluding hydrogens is 230 g/mol. The van der Waals surface area contributed by atoms with Crippen LogP contribution < -0.4 is 4.90 Å². The monoisotopic (exact) mass is 251 g/mol. The molecule has 0 heterocycles. The molecular formula is C14H21NOS. The van der Waals surface area contributed by atoms with Crippen molar-refractivity contribution in [2.75, 3.05) is 10.7 Å². The maximum atomic E-state index is 12.1. The largest absolute Gasteiger partial charge is 0.301 e. The average molecular weight is 251 g/mol. The molecule has 0 saturated heterocycles. The zero-order valence-corrected chi connectivity index (χ0v) is 11.7. The number of hydrogen-bond donors (Lipinski definition) is 0. The second-order valence-corrected chi connectivity index (χ2v) is 5.31. The van der Waals surface area contributed by atoms with E-state index >= 15 is 0 Å². The van der Waals surface area contributed by atoms with E-state index in [-0.39, 0.29) is 11.3 Å². The standard InChI is InChI=1S/C14H21NOS/c1-4-5-11-17-14(16)15(12(2)3)13-9-7-6-8-10-13/h6-10,12H,4-5,11H2,1-3H3. The van der Waals surface area contributed by atoms with E-state index in [2.05, 4.69) is 6.92 Å². The molecule has 0 aliphatic carbocycles. The van der Waals surface area contributed by atoms with Crippen molar-refractivity contribution in [2.45, 2.75) is 39.7 Å². The van der Waals surface area contributed by atoms with Crippen LogP contribution in [0, 0.1) is 0 Å². The van der Waals surface area contributed by atoms with E-state index in [9.17, 15) is 4.79 Å². The van der Waals surface area contributed by atoms with Gasteiger partial charge in [-0.15, -0.1) is 0 Å². The maximum absolute atomic E-state index is 12.1. The number of anilines is 1. The number of hydrogen-bond acceptors (Lipinski definition) is 2. The third kappa shape index (κ3) is 4.43. The molecule has 2 nitrogen and oxygen atoms in total. The summed E-state index contributed by atoms with van der Waals surface area (Å²) in [6.45, 7) is 6.24. The van der Waals surface area contributed by atoms with Crippen LogP contribution in [0.4, 0.5) is 10.5 Å². The summed E-state index contributed by atoms with van der Waals surface area (Å²) in [4.78, 5) is 14.0. The van der Waals surface area contributed by atoms with Crippen LogP contribution in [0.5, 0.6) is 0 Å². The number of para-hydroxylation sites is 1. The van der Waals surface area contributed by atoms with Crippen LogP contribution >= 0.6 is 11.8 Å². The number of amides is 1. The Morgan fingerprint density at radius 1 is 1.29 bits per heavy atom. The lowest BCUT2D eigenvalue weighted by atomic mass is 10.2. The Kier molecular flexibility index (Phi) is 6.12. The van der Waals surface area contributed by atoms with Crippen molar-refractivity contribution in [3.8, 4) is 0 Å². The Balaban J connectivity index is 2.70. The van der Waals surface area contributed by atoms with Gasteiger partial charge in [0.15, 0.2) is 0 Å². The zero-order valence-electron chi connectivity index (χ0n) is 10.8. The van der Waals surface area contributed by atoms with Gasteiger partial charge in [0.2, 0.25) is 0 Å². The Hall–Kier alpha value is -0.960. The number of carbonyl (C=O) groups excluding carboxylic acids is 1. The van der Waals surface area contributed by atoms with Crippen LogP contribution in [-0.2, 0) is 0 Å². The molecule has 17 heavy (non-hydrogen) atoms. The molecule has 0 saturated carbocycles. The van der Waals surface area contributed by atoms with Crippen molar-refractivity contribution in [1.82, 2.24) is 0 Å². The minimum Gasteiger partial charge on any atom is -0.301 e. The van der Waals surface area contributed by atoms with Gasteiger partial charge in [-0.2, -0.15) is 0 Å². The average Bonchev–Trinajstić information content (AvgIpc) is 2.30. The van der Waals surface area contributed by atoms with Gasteiger partial charge >= 0.3 is 0 Å². The fraction of sp³-hybridized carbons (Fsp3) is 0.500. The molecule has 0 bridgehead atoms. The number of nitrogens with zero attached hydrogens (tertiary/aromatic N) is 1. The topological polar surface area (TPSA) is 20.3 Å². The van der Waals surface area contributed by atoms with Gasteiger partial charge in [0.1, 0.15) is 0 Å². The molecule has 0 aliphatic rings. The second-order valence-electron chi connectivity index (χ2n) is 4.27. The number of thioether (sulfide) groups is 1. The summed E-state index contributed by atoms with van der Waals surface area (Å²) in [6, 6.07) is 10.1. The molecule has 0 aliphatic heterocycles. The van der Waals surface area contributed by atoms with Crippen molar-refractivity contribution in [3.05, 3.63) is 30.3 Å². The van der Waals surface area contributed by atoms with Crippen molar-refractivity contribution >= 4 is 22.7 Å². The molecule has 0 fully saturated rings. The summed E-state index contributed by atoms with van der Waals surface area (Å²) < 4.78 is 0. The fourth-order valence-corrected chi connectivity index (χ4v) is 2.64. The zero-order chi connectivity index (χ0) is 12.7. The minimum absolute atomic E-state index is 0.152. The van der Waals surface area contributed by atoms with Crippen LogP contribution in [-0.4, -0.2) is 17.0 Å². The first-order valence-corrected chi connectivity index (χ1v) is 7.16. The normalized spacial score (nSPS) is 10.6. The Labute approximate surface area is 108 Å². The molecule has 3 heteroatoms. The summed E-state index contributed by atoms with van der Waals surface area (Å²) in [5, 5.41) is 0.152. The highest BCUT2D eigenvalue weighted by Gasteiger charge is 2.18.